The van der Waals surface area contributed by atoms with Crippen LogP contribution in [0.2, 0.25) is 0 Å². The number of nitrogens with two attached hydrogens (primary N) is 2. The van der Waals surface area contributed by atoms with Crippen LogP contribution in [0.25, 0.3) is 0 Å². The van der Waals surface area contributed by atoms with Crippen LogP contribution >= 0.6 is 0 Å². The second-order valence-electron chi connectivity index (χ2n) is 4.74. The topological polar surface area (TPSA) is 70.5 Å². The molecule has 94 valence electrons. The Balaban J connectivity index is 2.49. The Morgan fingerprint density at radius 3 is 1.94 bits per heavy atom. The van der Waals surface area contributed by atoms with Crippen LogP contribution in [0.15, 0.2) is 12.1 Å². The lowest BCUT2D eigenvalue weighted by Crippen LogP contribution is -2.31. The molecule has 1 aromatic carbocycles. The highest BCUT2D eigenvalue weighted by molar-refractivity contribution is 5.65. The van der Waals surface area contributed by atoms with Crippen LogP contribution in [-0.2, 0) is 5.41 Å². The maximum absolute atomic E-state index is 6.07. The average molecular weight is 236 g/mol. The number of hydrogen-bond donors (Lipinski definition) is 2. The van der Waals surface area contributed by atoms with Crippen molar-refractivity contribution in [3.63, 3.8) is 0 Å². The van der Waals surface area contributed by atoms with Crippen LogP contribution in [0, 0.1) is 0 Å². The van der Waals surface area contributed by atoms with Gasteiger partial charge in [0.2, 0.25) is 0 Å². The average Bonchev–Trinajstić information content (AvgIpc) is 3.10. The summed E-state index contributed by atoms with van der Waals surface area (Å²) in [6, 6.07) is 4.09. The van der Waals surface area contributed by atoms with Crippen LogP contribution in [-0.4, -0.2) is 20.3 Å². The fourth-order valence-electron chi connectivity index (χ4n) is 2.37. The van der Waals surface area contributed by atoms with Crippen LogP contribution < -0.4 is 20.9 Å². The second-order valence-corrected chi connectivity index (χ2v) is 4.74. The van der Waals surface area contributed by atoms with Crippen molar-refractivity contribution < 1.29 is 9.47 Å². The predicted molar refractivity (Wildman–Crippen MR) is 68.5 cm³/mol. The summed E-state index contributed by atoms with van der Waals surface area (Å²) in [5, 5.41) is 0. The van der Waals surface area contributed by atoms with Gasteiger partial charge in [0.05, 0.1) is 14.2 Å². The van der Waals surface area contributed by atoms with Gasteiger partial charge in [-0.2, -0.15) is 0 Å². The van der Waals surface area contributed by atoms with Crippen molar-refractivity contribution in [3.05, 3.63) is 17.7 Å². The van der Waals surface area contributed by atoms with Crippen LogP contribution in [0.4, 0.5) is 5.69 Å². The molecule has 1 aliphatic rings. The van der Waals surface area contributed by atoms with Crippen molar-refractivity contribution in [2.24, 2.45) is 5.73 Å². The van der Waals surface area contributed by atoms with Crippen molar-refractivity contribution >= 4 is 5.69 Å². The molecule has 1 saturated carbocycles. The molecule has 0 saturated heterocycles. The van der Waals surface area contributed by atoms with E-state index in [2.05, 4.69) is 0 Å². The van der Waals surface area contributed by atoms with E-state index in [9.17, 15) is 0 Å². The summed E-state index contributed by atoms with van der Waals surface area (Å²) in [4.78, 5) is 0. The highest BCUT2D eigenvalue weighted by Crippen LogP contribution is 2.52. The zero-order chi connectivity index (χ0) is 12.6. The molecule has 1 aromatic rings. The van der Waals surface area contributed by atoms with E-state index in [0.717, 1.165) is 18.4 Å². The SMILES string of the molecule is COc1cc(C2(C(C)N)CC2)cc(OC)c1N. The first-order chi connectivity index (χ1) is 8.05. The highest BCUT2D eigenvalue weighted by Gasteiger charge is 2.48. The fourth-order valence-corrected chi connectivity index (χ4v) is 2.37. The lowest BCUT2D eigenvalue weighted by atomic mass is 9.89. The summed E-state index contributed by atoms with van der Waals surface area (Å²) in [5.74, 6) is 1.32. The standard InChI is InChI=1S/C13H20N2O2/c1-8(14)13(4-5-13)9-6-10(16-2)12(15)11(7-9)17-3/h6-8H,4-5,14-15H2,1-3H3. The van der Waals surface area contributed by atoms with Gasteiger partial charge in [-0.25, -0.2) is 0 Å². The molecule has 0 aliphatic heterocycles. The molecule has 0 heterocycles. The molecule has 4 heteroatoms. The molecule has 4 nitrogen and oxygen atoms in total. The van der Waals surface area contributed by atoms with E-state index in [0.29, 0.717) is 17.2 Å². The quantitative estimate of drug-likeness (QED) is 0.780. The maximum atomic E-state index is 6.07. The molecular formula is C13H20N2O2. The number of ether oxygens (including phenoxy) is 2. The van der Waals surface area contributed by atoms with Gasteiger partial charge in [-0.05, 0) is 37.5 Å². The Bertz CT molecular complexity index is 400. The maximum Gasteiger partial charge on any atom is 0.145 e. The van der Waals surface area contributed by atoms with Crippen molar-refractivity contribution in [1.29, 1.82) is 0 Å². The number of benzene rings is 1. The van der Waals surface area contributed by atoms with Crippen molar-refractivity contribution in [1.82, 2.24) is 0 Å². The van der Waals surface area contributed by atoms with Crippen LogP contribution in [0.5, 0.6) is 11.5 Å². The number of rotatable bonds is 4. The number of hydrogen-bond acceptors (Lipinski definition) is 4. The molecule has 0 amide bonds. The smallest absolute Gasteiger partial charge is 0.145 e. The lowest BCUT2D eigenvalue weighted by Gasteiger charge is -2.22. The molecule has 1 unspecified atom stereocenters. The lowest BCUT2D eigenvalue weighted by molar-refractivity contribution is 0.395. The van der Waals surface area contributed by atoms with E-state index in [1.54, 1.807) is 14.2 Å². The number of nitrogen functional groups attached to an aromatic ring is 1. The summed E-state index contributed by atoms with van der Waals surface area (Å²) in [7, 11) is 3.22. The van der Waals surface area contributed by atoms with Gasteiger partial charge in [0, 0.05) is 11.5 Å². The summed E-state index contributed by atoms with van der Waals surface area (Å²) in [6.07, 6.45) is 2.22. The third-order valence-corrected chi connectivity index (χ3v) is 3.78. The Morgan fingerprint density at radius 1 is 1.18 bits per heavy atom. The molecule has 1 fully saturated rings. The first-order valence-corrected chi connectivity index (χ1v) is 5.82. The van der Waals surface area contributed by atoms with E-state index in [-0.39, 0.29) is 11.5 Å². The van der Waals surface area contributed by atoms with Crippen molar-refractivity contribution in [2.45, 2.75) is 31.2 Å². The minimum atomic E-state index is 0.0776. The molecule has 0 spiro atoms. The molecule has 0 aromatic heterocycles. The third-order valence-electron chi connectivity index (χ3n) is 3.78. The molecule has 1 aliphatic carbocycles. The largest absolute Gasteiger partial charge is 0.494 e. The van der Waals surface area contributed by atoms with Gasteiger partial charge in [0.15, 0.2) is 0 Å². The Hall–Kier alpha value is -1.42. The Labute approximate surface area is 102 Å². The third kappa shape index (κ3) is 1.82. The molecule has 2 rings (SSSR count). The minimum absolute atomic E-state index is 0.0776. The molecular weight excluding hydrogens is 216 g/mol. The highest BCUT2D eigenvalue weighted by atomic mass is 16.5. The van der Waals surface area contributed by atoms with Gasteiger partial charge < -0.3 is 20.9 Å². The summed E-state index contributed by atoms with van der Waals surface area (Å²) in [5.41, 5.74) is 13.8. The summed E-state index contributed by atoms with van der Waals surface area (Å²) >= 11 is 0. The van der Waals surface area contributed by atoms with Gasteiger partial charge >= 0.3 is 0 Å². The van der Waals surface area contributed by atoms with Crippen molar-refractivity contribution in [2.75, 3.05) is 20.0 Å². The fraction of sp³-hybridized carbons (Fsp3) is 0.538. The molecule has 17 heavy (non-hydrogen) atoms. The minimum Gasteiger partial charge on any atom is -0.494 e. The molecule has 0 bridgehead atoms. The normalized spacial score (nSPS) is 18.6. The van der Waals surface area contributed by atoms with Crippen LogP contribution in [0.3, 0.4) is 0 Å². The van der Waals surface area contributed by atoms with Gasteiger partial charge in [-0.15, -0.1) is 0 Å². The summed E-state index contributed by atoms with van der Waals surface area (Å²) in [6.45, 7) is 2.04. The van der Waals surface area contributed by atoms with Crippen LogP contribution in [0.1, 0.15) is 25.3 Å². The van der Waals surface area contributed by atoms with E-state index >= 15 is 0 Å². The first-order valence-electron chi connectivity index (χ1n) is 5.82. The van der Waals surface area contributed by atoms with E-state index in [1.807, 2.05) is 19.1 Å². The number of anilines is 1. The zero-order valence-corrected chi connectivity index (χ0v) is 10.6. The van der Waals surface area contributed by atoms with Gasteiger partial charge in [0.25, 0.3) is 0 Å². The molecule has 1 atom stereocenters. The van der Waals surface area contributed by atoms with Gasteiger partial charge in [0.1, 0.15) is 17.2 Å². The molecule has 0 radical (unpaired) electrons. The Kier molecular flexibility index (Phi) is 2.91. The zero-order valence-electron chi connectivity index (χ0n) is 10.6. The number of methoxy groups -OCH3 is 2. The second kappa shape index (κ2) is 4.11. The summed E-state index contributed by atoms with van der Waals surface area (Å²) < 4.78 is 10.6. The van der Waals surface area contributed by atoms with E-state index in [4.69, 9.17) is 20.9 Å². The first kappa shape index (κ1) is 12.0. The predicted octanol–water partition coefficient (Wildman–Crippen LogP) is 1.66. The van der Waals surface area contributed by atoms with Gasteiger partial charge in [-0.1, -0.05) is 0 Å². The Morgan fingerprint density at radius 2 is 1.65 bits per heavy atom. The van der Waals surface area contributed by atoms with E-state index < -0.39 is 0 Å². The van der Waals surface area contributed by atoms with Gasteiger partial charge in [-0.3, -0.25) is 0 Å². The molecule has 4 N–H and O–H groups in total. The van der Waals surface area contributed by atoms with E-state index in [1.165, 1.54) is 0 Å². The monoisotopic (exact) mass is 236 g/mol. The van der Waals surface area contributed by atoms with Crippen molar-refractivity contribution in [3.8, 4) is 11.5 Å².